The number of amides is 2. The van der Waals surface area contributed by atoms with Crippen molar-refractivity contribution in [2.24, 2.45) is 11.8 Å². The van der Waals surface area contributed by atoms with E-state index in [1.54, 1.807) is 0 Å². The minimum absolute atomic E-state index is 0.0799. The summed E-state index contributed by atoms with van der Waals surface area (Å²) in [5.74, 6) is 1.04. The summed E-state index contributed by atoms with van der Waals surface area (Å²) in [5, 5.41) is 3.73. The van der Waals surface area contributed by atoms with Crippen molar-refractivity contribution in [2.75, 3.05) is 18.9 Å². The van der Waals surface area contributed by atoms with Crippen molar-refractivity contribution >= 4 is 28.2 Å². The topological polar surface area (TPSA) is 49.4 Å². The molecule has 0 spiro atoms. The molecule has 114 valence electrons. The van der Waals surface area contributed by atoms with E-state index in [-0.39, 0.29) is 17.7 Å². The van der Waals surface area contributed by atoms with Crippen LogP contribution in [0.25, 0.3) is 0 Å². The van der Waals surface area contributed by atoms with E-state index in [1.165, 1.54) is 30.6 Å². The molecule has 0 aliphatic heterocycles. The fourth-order valence-electron chi connectivity index (χ4n) is 2.64. The monoisotopic (exact) mass is 306 g/mol. The van der Waals surface area contributed by atoms with Gasteiger partial charge in [0.2, 0.25) is 5.91 Å². The van der Waals surface area contributed by atoms with Crippen molar-refractivity contribution < 1.29 is 9.59 Å². The first-order valence-corrected chi connectivity index (χ1v) is 8.53. The van der Waals surface area contributed by atoms with Crippen LogP contribution in [-0.4, -0.2) is 30.3 Å². The van der Waals surface area contributed by atoms with Crippen LogP contribution in [0.4, 0.5) is 5.00 Å². The van der Waals surface area contributed by atoms with Gasteiger partial charge in [0.15, 0.2) is 0 Å². The van der Waals surface area contributed by atoms with E-state index in [2.05, 4.69) is 5.32 Å². The first-order valence-electron chi connectivity index (χ1n) is 7.71. The van der Waals surface area contributed by atoms with E-state index in [0.29, 0.717) is 5.92 Å². The van der Waals surface area contributed by atoms with Gasteiger partial charge in [0.05, 0.1) is 9.88 Å². The molecule has 3 rings (SSSR count). The SMILES string of the molecule is Cc1cc(NC(=O)C2CC2)sc1C(=O)N(C)CC1CCC1. The normalized spacial score (nSPS) is 18.2. The maximum atomic E-state index is 12.5. The Bertz CT molecular complexity index is 559. The third-order valence-corrected chi connectivity index (χ3v) is 5.55. The molecule has 1 N–H and O–H groups in total. The molecule has 0 atom stereocenters. The number of carbonyl (C=O) groups is 2. The highest BCUT2D eigenvalue weighted by molar-refractivity contribution is 7.18. The van der Waals surface area contributed by atoms with Crippen molar-refractivity contribution in [1.82, 2.24) is 4.90 Å². The molecule has 2 aliphatic rings. The lowest BCUT2D eigenvalue weighted by atomic mass is 9.85. The summed E-state index contributed by atoms with van der Waals surface area (Å²) < 4.78 is 0. The molecular weight excluding hydrogens is 284 g/mol. The third kappa shape index (κ3) is 3.28. The summed E-state index contributed by atoms with van der Waals surface area (Å²) in [6, 6.07) is 1.91. The Labute approximate surface area is 129 Å². The molecule has 1 aromatic heterocycles. The molecule has 2 aliphatic carbocycles. The molecule has 2 amide bonds. The standard InChI is InChI=1S/C16H22N2O2S/c1-10-8-13(17-15(19)12-6-7-12)21-14(10)16(20)18(2)9-11-4-3-5-11/h8,11-12H,3-7,9H2,1-2H3,(H,17,19). The number of anilines is 1. The van der Waals surface area contributed by atoms with Gasteiger partial charge >= 0.3 is 0 Å². The van der Waals surface area contributed by atoms with Crippen LogP contribution in [0.2, 0.25) is 0 Å². The van der Waals surface area contributed by atoms with Crippen molar-refractivity contribution in [2.45, 2.75) is 39.0 Å². The molecule has 2 fully saturated rings. The number of rotatable bonds is 5. The van der Waals surface area contributed by atoms with Gasteiger partial charge in [-0.05, 0) is 50.2 Å². The molecule has 0 radical (unpaired) electrons. The summed E-state index contributed by atoms with van der Waals surface area (Å²) in [5.41, 5.74) is 0.955. The maximum Gasteiger partial charge on any atom is 0.264 e. The van der Waals surface area contributed by atoms with E-state index in [4.69, 9.17) is 0 Å². The second-order valence-electron chi connectivity index (χ2n) is 6.37. The number of nitrogens with zero attached hydrogens (tertiary/aromatic N) is 1. The van der Waals surface area contributed by atoms with Gasteiger partial charge in [-0.3, -0.25) is 9.59 Å². The van der Waals surface area contributed by atoms with Gasteiger partial charge in [-0.2, -0.15) is 0 Å². The largest absolute Gasteiger partial charge is 0.341 e. The van der Waals surface area contributed by atoms with Crippen molar-refractivity contribution in [3.63, 3.8) is 0 Å². The molecule has 0 saturated heterocycles. The zero-order valence-corrected chi connectivity index (χ0v) is 13.5. The van der Waals surface area contributed by atoms with Gasteiger partial charge in [-0.15, -0.1) is 11.3 Å². The molecule has 2 saturated carbocycles. The molecule has 0 aromatic carbocycles. The van der Waals surface area contributed by atoms with Gasteiger partial charge in [-0.25, -0.2) is 0 Å². The van der Waals surface area contributed by atoms with E-state index in [1.807, 2.05) is 24.9 Å². The smallest absolute Gasteiger partial charge is 0.264 e. The van der Waals surface area contributed by atoms with Crippen LogP contribution in [-0.2, 0) is 4.79 Å². The van der Waals surface area contributed by atoms with Crippen molar-refractivity contribution in [3.8, 4) is 0 Å². The molecule has 0 unspecified atom stereocenters. The van der Waals surface area contributed by atoms with Crippen LogP contribution >= 0.6 is 11.3 Å². The Balaban J connectivity index is 1.64. The fourth-order valence-corrected chi connectivity index (χ4v) is 3.71. The number of hydrogen-bond donors (Lipinski definition) is 1. The highest BCUT2D eigenvalue weighted by Crippen LogP contribution is 2.33. The summed E-state index contributed by atoms with van der Waals surface area (Å²) in [6.45, 7) is 2.79. The average molecular weight is 306 g/mol. The van der Waals surface area contributed by atoms with E-state index < -0.39 is 0 Å². The second kappa shape index (κ2) is 5.79. The molecule has 4 nitrogen and oxygen atoms in total. The van der Waals surface area contributed by atoms with Gasteiger partial charge in [-0.1, -0.05) is 6.42 Å². The van der Waals surface area contributed by atoms with Gasteiger partial charge < -0.3 is 10.2 Å². The fraction of sp³-hybridized carbons (Fsp3) is 0.625. The first kappa shape index (κ1) is 14.6. The van der Waals surface area contributed by atoms with Crippen molar-refractivity contribution in [3.05, 3.63) is 16.5 Å². The van der Waals surface area contributed by atoms with E-state index in [9.17, 15) is 9.59 Å². The predicted octanol–water partition coefficient (Wildman–Crippen LogP) is 3.28. The summed E-state index contributed by atoms with van der Waals surface area (Å²) >= 11 is 1.40. The minimum Gasteiger partial charge on any atom is -0.341 e. The van der Waals surface area contributed by atoms with Crippen LogP contribution in [0.1, 0.15) is 47.3 Å². The van der Waals surface area contributed by atoms with Crippen LogP contribution in [0.3, 0.4) is 0 Å². The molecule has 0 bridgehead atoms. The molecule has 5 heteroatoms. The Morgan fingerprint density at radius 3 is 2.62 bits per heavy atom. The van der Waals surface area contributed by atoms with Crippen LogP contribution < -0.4 is 5.32 Å². The number of carbonyl (C=O) groups excluding carboxylic acids is 2. The third-order valence-electron chi connectivity index (χ3n) is 4.41. The van der Waals surface area contributed by atoms with Crippen molar-refractivity contribution in [1.29, 1.82) is 0 Å². The summed E-state index contributed by atoms with van der Waals surface area (Å²) in [6.07, 6.45) is 5.76. The summed E-state index contributed by atoms with van der Waals surface area (Å²) in [7, 11) is 1.88. The lowest BCUT2D eigenvalue weighted by molar-refractivity contribution is -0.117. The van der Waals surface area contributed by atoms with Gasteiger partial charge in [0.25, 0.3) is 5.91 Å². The van der Waals surface area contributed by atoms with Gasteiger partial charge in [0, 0.05) is 19.5 Å². The second-order valence-corrected chi connectivity index (χ2v) is 7.42. The number of nitrogens with one attached hydrogen (secondary N) is 1. The maximum absolute atomic E-state index is 12.5. The first-order chi connectivity index (χ1) is 10.0. The lowest BCUT2D eigenvalue weighted by Gasteiger charge is -2.30. The number of hydrogen-bond acceptors (Lipinski definition) is 3. The Hall–Kier alpha value is -1.36. The van der Waals surface area contributed by atoms with E-state index in [0.717, 1.165) is 34.8 Å². The minimum atomic E-state index is 0.0799. The predicted molar refractivity (Wildman–Crippen MR) is 84.7 cm³/mol. The molecule has 21 heavy (non-hydrogen) atoms. The van der Waals surface area contributed by atoms with Crippen LogP contribution in [0, 0.1) is 18.8 Å². The van der Waals surface area contributed by atoms with Gasteiger partial charge in [0.1, 0.15) is 0 Å². The quantitative estimate of drug-likeness (QED) is 0.907. The highest BCUT2D eigenvalue weighted by atomic mass is 32.1. The zero-order chi connectivity index (χ0) is 15.0. The Kier molecular flexibility index (Phi) is 4.02. The lowest BCUT2D eigenvalue weighted by Crippen LogP contribution is -2.34. The van der Waals surface area contributed by atoms with Crippen LogP contribution in [0.5, 0.6) is 0 Å². The molecule has 1 aromatic rings. The Morgan fingerprint density at radius 1 is 1.33 bits per heavy atom. The molecule has 1 heterocycles. The highest BCUT2D eigenvalue weighted by Gasteiger charge is 2.30. The summed E-state index contributed by atoms with van der Waals surface area (Å²) in [4.78, 5) is 26.9. The van der Waals surface area contributed by atoms with E-state index >= 15 is 0 Å². The number of aryl methyl sites for hydroxylation is 1. The van der Waals surface area contributed by atoms with Crippen LogP contribution in [0.15, 0.2) is 6.07 Å². The average Bonchev–Trinajstić information content (AvgIpc) is 3.18. The Morgan fingerprint density at radius 2 is 2.05 bits per heavy atom. The number of thiophene rings is 1. The molecular formula is C16H22N2O2S. The zero-order valence-electron chi connectivity index (χ0n) is 12.6.